The van der Waals surface area contributed by atoms with E-state index < -0.39 is 0 Å². The summed E-state index contributed by atoms with van der Waals surface area (Å²) in [6.45, 7) is 0. The highest BCUT2D eigenvalue weighted by molar-refractivity contribution is 5.70. The van der Waals surface area contributed by atoms with Crippen LogP contribution in [0.25, 0.3) is 11.0 Å². The molecule has 1 N–H and O–H groups in total. The van der Waals surface area contributed by atoms with Crippen molar-refractivity contribution in [1.82, 2.24) is 19.7 Å². The summed E-state index contributed by atoms with van der Waals surface area (Å²) in [7, 11) is 7.90. The van der Waals surface area contributed by atoms with Crippen LogP contribution in [0.3, 0.4) is 0 Å². The van der Waals surface area contributed by atoms with Crippen LogP contribution in [0.1, 0.15) is 6.29 Å². The van der Waals surface area contributed by atoms with Crippen molar-refractivity contribution in [1.29, 1.82) is 0 Å². The number of benzene rings is 1. The van der Waals surface area contributed by atoms with Crippen molar-refractivity contribution in [3.05, 3.63) is 29.2 Å². The molecular weight excluding hydrogens is 218 g/mol. The van der Waals surface area contributed by atoms with E-state index in [1.54, 1.807) is 6.07 Å². The fourth-order valence-electron chi connectivity index (χ4n) is 2.14. The lowest BCUT2D eigenvalue weighted by molar-refractivity contribution is -0.542. The van der Waals surface area contributed by atoms with Crippen LogP contribution >= 0.6 is 0 Å². The number of hydrogen-bond acceptors (Lipinski definition) is 3. The summed E-state index contributed by atoms with van der Waals surface area (Å²) in [6.07, 6.45) is -0.0323. The lowest BCUT2D eigenvalue weighted by atomic mass is 10.3. The molecule has 1 aromatic carbocycles. The molecule has 2 rings (SSSR count). The molecule has 17 heavy (non-hydrogen) atoms. The molecule has 0 saturated carbocycles. The van der Waals surface area contributed by atoms with Gasteiger partial charge in [-0.3, -0.25) is 9.80 Å². The number of hydrogen-bond donors (Lipinski definition) is 1. The second-order valence-electron chi connectivity index (χ2n) is 4.53. The van der Waals surface area contributed by atoms with Gasteiger partial charge in [-0.25, -0.2) is 0 Å². The first-order chi connectivity index (χ1) is 8.02. The van der Waals surface area contributed by atoms with E-state index in [0.717, 1.165) is 10.1 Å². The van der Waals surface area contributed by atoms with Gasteiger partial charge >= 0.3 is 0 Å². The van der Waals surface area contributed by atoms with Crippen LogP contribution in [0, 0.1) is 4.91 Å². The Balaban J connectivity index is 2.66. The molecule has 0 aliphatic rings. The quantitative estimate of drug-likeness (QED) is 0.622. The van der Waals surface area contributed by atoms with Gasteiger partial charge in [0.2, 0.25) is 17.3 Å². The Bertz CT molecular complexity index is 560. The number of H-pyrrole nitrogens is 1. The van der Waals surface area contributed by atoms with Gasteiger partial charge in [-0.05, 0) is 45.2 Å². The van der Waals surface area contributed by atoms with Gasteiger partial charge < -0.3 is 0 Å². The SMILES string of the molecule is CN(C)C(N(C)C)n1[nH][n+](=O)c2ccccc21. The van der Waals surface area contributed by atoms with Gasteiger partial charge in [-0.1, -0.05) is 17.3 Å². The highest BCUT2D eigenvalue weighted by Crippen LogP contribution is 2.16. The third-order valence-electron chi connectivity index (χ3n) is 2.71. The van der Waals surface area contributed by atoms with Gasteiger partial charge in [-0.15, -0.1) is 4.68 Å². The zero-order chi connectivity index (χ0) is 12.6. The van der Waals surface area contributed by atoms with Crippen LogP contribution in [0.2, 0.25) is 0 Å². The summed E-state index contributed by atoms with van der Waals surface area (Å²) < 4.78 is 2.64. The van der Waals surface area contributed by atoms with E-state index >= 15 is 0 Å². The average Bonchev–Trinajstić information content (AvgIpc) is 2.56. The molecule has 6 nitrogen and oxygen atoms in total. The number of aromatic nitrogens is 3. The maximum Gasteiger partial charge on any atom is 0.249 e. The summed E-state index contributed by atoms with van der Waals surface area (Å²) in [4.78, 5) is 15.8. The van der Waals surface area contributed by atoms with E-state index in [0.29, 0.717) is 5.52 Å². The molecule has 0 radical (unpaired) electrons. The Hall–Kier alpha value is -1.66. The van der Waals surface area contributed by atoms with Gasteiger partial charge in [0.05, 0.1) is 4.54 Å². The number of rotatable bonds is 3. The van der Waals surface area contributed by atoms with Crippen LogP contribution < -0.4 is 4.54 Å². The van der Waals surface area contributed by atoms with Crippen molar-refractivity contribution in [3.63, 3.8) is 0 Å². The molecule has 2 aromatic rings. The fraction of sp³-hybridized carbons (Fsp3) is 0.455. The predicted molar refractivity (Wildman–Crippen MR) is 66.1 cm³/mol. The third-order valence-corrected chi connectivity index (χ3v) is 2.71. The van der Waals surface area contributed by atoms with Gasteiger partial charge in [0.15, 0.2) is 0 Å². The topological polar surface area (TPSA) is 50.2 Å². The lowest BCUT2D eigenvalue weighted by Crippen LogP contribution is -2.38. The second-order valence-corrected chi connectivity index (χ2v) is 4.53. The van der Waals surface area contributed by atoms with Crippen molar-refractivity contribution < 1.29 is 4.54 Å². The lowest BCUT2D eigenvalue weighted by Gasteiger charge is -2.26. The first kappa shape index (κ1) is 11.8. The van der Waals surface area contributed by atoms with Crippen molar-refractivity contribution >= 4 is 11.0 Å². The van der Waals surface area contributed by atoms with Gasteiger partial charge in [0.1, 0.15) is 0 Å². The Morgan fingerprint density at radius 2 is 1.76 bits per heavy atom. The minimum Gasteiger partial charge on any atom is -0.256 e. The Morgan fingerprint density at radius 3 is 2.35 bits per heavy atom. The Labute approximate surface area is 99.6 Å². The van der Waals surface area contributed by atoms with E-state index in [4.69, 9.17) is 0 Å². The smallest absolute Gasteiger partial charge is 0.249 e. The second kappa shape index (κ2) is 4.31. The molecular formula is C11H18N5O+. The van der Waals surface area contributed by atoms with Crippen molar-refractivity contribution in [2.24, 2.45) is 0 Å². The number of aromatic amines is 1. The van der Waals surface area contributed by atoms with Gasteiger partial charge in [0, 0.05) is 0 Å². The molecule has 1 heterocycles. The molecule has 0 bridgehead atoms. The van der Waals surface area contributed by atoms with Gasteiger partial charge in [-0.2, -0.15) is 0 Å². The average molecular weight is 236 g/mol. The summed E-state index contributed by atoms with van der Waals surface area (Å²) in [5, 5.41) is 2.81. The van der Waals surface area contributed by atoms with E-state index in [-0.39, 0.29) is 6.29 Å². The summed E-state index contributed by atoms with van der Waals surface area (Å²) >= 11 is 0. The molecule has 0 aliphatic heterocycles. The number of nitrogens with zero attached hydrogens (tertiary/aromatic N) is 4. The molecule has 0 fully saturated rings. The Kier molecular flexibility index (Phi) is 2.99. The number of para-hydroxylation sites is 2. The molecule has 1 aromatic heterocycles. The molecule has 0 atom stereocenters. The van der Waals surface area contributed by atoms with Gasteiger partial charge in [0.25, 0.3) is 0 Å². The highest BCUT2D eigenvalue weighted by Gasteiger charge is 2.26. The maximum absolute atomic E-state index is 11.8. The standard InChI is InChI=1S/C11H18N5O/c1-13(2)11(14(3)4)15-9-7-5-6-8-10(9)16(17)12-15/h5-8,11H,1-4H3,(H,12,17)/q+1. The zero-order valence-electron chi connectivity index (χ0n) is 10.6. The third kappa shape index (κ3) is 1.96. The first-order valence-electron chi connectivity index (χ1n) is 5.47. The molecule has 0 unspecified atom stereocenters. The van der Waals surface area contributed by atoms with Crippen LogP contribution in [0.4, 0.5) is 0 Å². The minimum absolute atomic E-state index is 0.0323. The molecule has 0 saturated heterocycles. The zero-order valence-corrected chi connectivity index (χ0v) is 10.6. The van der Waals surface area contributed by atoms with E-state index in [1.807, 2.05) is 60.9 Å². The van der Waals surface area contributed by atoms with Crippen LogP contribution in [0.5, 0.6) is 0 Å². The summed E-state index contributed by atoms with van der Waals surface area (Å²) in [6, 6.07) is 7.52. The van der Waals surface area contributed by atoms with Crippen LogP contribution in [-0.4, -0.2) is 47.9 Å². The Morgan fingerprint density at radius 1 is 1.18 bits per heavy atom. The highest BCUT2D eigenvalue weighted by atomic mass is 16.3. The largest absolute Gasteiger partial charge is 0.256 e. The summed E-state index contributed by atoms with van der Waals surface area (Å²) in [5.74, 6) is 0. The maximum atomic E-state index is 11.8. The monoisotopic (exact) mass is 236 g/mol. The minimum atomic E-state index is -0.0323. The van der Waals surface area contributed by atoms with Crippen molar-refractivity contribution in [3.8, 4) is 0 Å². The van der Waals surface area contributed by atoms with Crippen molar-refractivity contribution in [2.75, 3.05) is 28.2 Å². The molecule has 6 heteroatoms. The van der Waals surface area contributed by atoms with E-state index in [1.165, 1.54) is 0 Å². The first-order valence-corrected chi connectivity index (χ1v) is 5.47. The molecule has 92 valence electrons. The fourth-order valence-corrected chi connectivity index (χ4v) is 2.14. The normalized spacial score (nSPS) is 12.2. The molecule has 0 aliphatic carbocycles. The van der Waals surface area contributed by atoms with Crippen LogP contribution in [0.15, 0.2) is 24.3 Å². The molecule has 0 spiro atoms. The van der Waals surface area contributed by atoms with Crippen LogP contribution in [-0.2, 0) is 0 Å². The molecule has 0 amide bonds. The summed E-state index contributed by atoms with van der Waals surface area (Å²) in [5.41, 5.74) is 1.52. The number of fused-ring (bicyclic) bond motifs is 1. The van der Waals surface area contributed by atoms with E-state index in [2.05, 4.69) is 5.21 Å². The van der Waals surface area contributed by atoms with E-state index in [9.17, 15) is 4.91 Å². The predicted octanol–water partition coefficient (Wildman–Crippen LogP) is 0.463. The number of nitrogens with one attached hydrogen (secondary N) is 1. The van der Waals surface area contributed by atoms with Crippen molar-refractivity contribution in [2.45, 2.75) is 6.29 Å².